The molecule has 1 aromatic heterocycles. The number of allylic oxidation sites excluding steroid dienone is 1. The predicted molar refractivity (Wildman–Crippen MR) is 110 cm³/mol. The number of hydrogen-bond donors (Lipinski definition) is 0. The van der Waals surface area contributed by atoms with Gasteiger partial charge in [0.1, 0.15) is 12.4 Å². The molecule has 1 fully saturated rings. The Labute approximate surface area is 169 Å². The van der Waals surface area contributed by atoms with E-state index in [4.69, 9.17) is 9.47 Å². The van der Waals surface area contributed by atoms with E-state index in [2.05, 4.69) is 22.2 Å². The molecule has 2 aromatic rings. The molecule has 29 heavy (non-hydrogen) atoms. The van der Waals surface area contributed by atoms with Crippen LogP contribution in [0.1, 0.15) is 21.9 Å². The Morgan fingerprint density at radius 1 is 1.31 bits per heavy atom. The summed E-state index contributed by atoms with van der Waals surface area (Å²) < 4.78 is 12.5. The molecule has 1 aliphatic rings. The second-order valence-electron chi connectivity index (χ2n) is 6.44. The number of aldehydes is 1. The van der Waals surface area contributed by atoms with Gasteiger partial charge >= 0.3 is 5.56 Å². The molecular weight excluding hydrogens is 370 g/mol. The molecule has 7 nitrogen and oxygen atoms in total. The number of morpholine rings is 1. The van der Waals surface area contributed by atoms with E-state index in [0.717, 1.165) is 11.3 Å². The fourth-order valence-electron chi connectivity index (χ4n) is 3.01. The molecule has 150 valence electrons. The summed E-state index contributed by atoms with van der Waals surface area (Å²) in [5, 5.41) is 0. The Morgan fingerprint density at radius 3 is 2.69 bits per heavy atom. The zero-order chi connectivity index (χ0) is 20.6. The van der Waals surface area contributed by atoms with E-state index in [1.807, 2.05) is 30.3 Å². The highest BCUT2D eigenvalue weighted by molar-refractivity contribution is 5.76. The van der Waals surface area contributed by atoms with Crippen LogP contribution in [0.25, 0.3) is 6.20 Å². The first-order valence-corrected chi connectivity index (χ1v) is 9.29. The van der Waals surface area contributed by atoms with Crippen LogP contribution in [0.2, 0.25) is 0 Å². The highest BCUT2D eigenvalue weighted by atomic mass is 16.5. The van der Waals surface area contributed by atoms with Gasteiger partial charge in [0.2, 0.25) is 5.75 Å². The van der Waals surface area contributed by atoms with Crippen molar-refractivity contribution in [3.8, 4) is 5.75 Å². The average molecular weight is 393 g/mol. The number of aryl methyl sites for hydroxylation is 1. The molecule has 1 aromatic carbocycles. The molecule has 2 heterocycles. The first-order chi connectivity index (χ1) is 14.1. The normalized spacial score (nSPS) is 14.2. The Balaban J connectivity index is 2.00. The Bertz CT molecular complexity index is 999. The minimum atomic E-state index is -0.446. The number of hydrogen-bond acceptors (Lipinski definition) is 6. The number of rotatable bonds is 7. The van der Waals surface area contributed by atoms with E-state index >= 15 is 0 Å². The molecule has 0 radical (unpaired) electrons. The van der Waals surface area contributed by atoms with Crippen LogP contribution in [0.5, 0.6) is 5.75 Å². The molecule has 0 atom stereocenters. The molecule has 0 aliphatic carbocycles. The van der Waals surface area contributed by atoms with E-state index in [1.54, 1.807) is 19.2 Å². The lowest BCUT2D eigenvalue weighted by Gasteiger charge is -2.29. The van der Waals surface area contributed by atoms with Crippen molar-refractivity contribution >= 4 is 12.5 Å². The second-order valence-corrected chi connectivity index (χ2v) is 6.44. The predicted octanol–water partition coefficient (Wildman–Crippen LogP) is 2.41. The van der Waals surface area contributed by atoms with Gasteiger partial charge in [-0.15, -0.1) is 5.73 Å². The number of aromatic nitrogens is 2. The number of carbonyl (C=O) groups is 1. The van der Waals surface area contributed by atoms with E-state index in [9.17, 15) is 9.59 Å². The van der Waals surface area contributed by atoms with E-state index in [-0.39, 0.29) is 18.1 Å². The zero-order valence-electron chi connectivity index (χ0n) is 16.3. The lowest BCUT2D eigenvalue weighted by Crippen LogP contribution is -2.35. The van der Waals surface area contributed by atoms with Crippen LogP contribution in [-0.4, -0.2) is 47.0 Å². The summed E-state index contributed by atoms with van der Waals surface area (Å²) in [6, 6.07) is 9.41. The summed E-state index contributed by atoms with van der Waals surface area (Å²) >= 11 is 0. The Hall–Kier alpha value is -3.41. The molecule has 0 amide bonds. The van der Waals surface area contributed by atoms with Crippen LogP contribution in [0.3, 0.4) is 0 Å². The summed E-state index contributed by atoms with van der Waals surface area (Å²) in [6.07, 6.45) is 3.91. The SMILES string of the molecule is C=C=CC(=Cn1c(C)nc(C=O)c(OCc2ccccc2)c1=O)N1CCOCC1. The molecule has 0 bridgehead atoms. The van der Waals surface area contributed by atoms with Crippen LogP contribution in [0.4, 0.5) is 0 Å². The van der Waals surface area contributed by atoms with Crippen LogP contribution >= 0.6 is 0 Å². The van der Waals surface area contributed by atoms with Crippen molar-refractivity contribution in [1.29, 1.82) is 0 Å². The number of ether oxygens (including phenoxy) is 2. The van der Waals surface area contributed by atoms with Gasteiger partial charge in [0, 0.05) is 25.4 Å². The Kier molecular flexibility index (Phi) is 6.79. The summed E-state index contributed by atoms with van der Waals surface area (Å²) in [7, 11) is 0. The maximum absolute atomic E-state index is 13.1. The van der Waals surface area contributed by atoms with E-state index < -0.39 is 5.56 Å². The first-order valence-electron chi connectivity index (χ1n) is 9.29. The molecule has 1 saturated heterocycles. The lowest BCUT2D eigenvalue weighted by molar-refractivity contribution is 0.0557. The standard InChI is InChI=1S/C22H23N3O4/c1-3-7-19(24-10-12-28-13-11-24)14-25-17(2)23-20(15-26)21(22(25)27)29-16-18-8-5-4-6-9-18/h4-9,14-15H,1,10-13,16H2,2H3. The van der Waals surface area contributed by atoms with Crippen molar-refractivity contribution in [2.24, 2.45) is 0 Å². The van der Waals surface area contributed by atoms with Crippen molar-refractivity contribution < 1.29 is 14.3 Å². The number of nitrogens with zero attached hydrogens (tertiary/aromatic N) is 3. The molecule has 0 saturated carbocycles. The minimum absolute atomic E-state index is 0.0136. The summed E-state index contributed by atoms with van der Waals surface area (Å²) in [5.74, 6) is 0.307. The van der Waals surface area contributed by atoms with Gasteiger partial charge in [-0.1, -0.05) is 36.9 Å². The lowest BCUT2D eigenvalue weighted by atomic mass is 10.2. The third-order valence-corrected chi connectivity index (χ3v) is 4.50. The maximum atomic E-state index is 13.1. The van der Waals surface area contributed by atoms with Gasteiger partial charge < -0.3 is 14.4 Å². The fourth-order valence-corrected chi connectivity index (χ4v) is 3.01. The van der Waals surface area contributed by atoms with Gasteiger partial charge in [0.25, 0.3) is 0 Å². The van der Waals surface area contributed by atoms with Gasteiger partial charge in [-0.3, -0.25) is 14.2 Å². The van der Waals surface area contributed by atoms with E-state index in [0.29, 0.717) is 38.4 Å². The van der Waals surface area contributed by atoms with E-state index in [1.165, 1.54) is 4.57 Å². The topological polar surface area (TPSA) is 73.7 Å². The third kappa shape index (κ3) is 4.90. The molecule has 0 N–H and O–H groups in total. The van der Waals surface area contributed by atoms with Crippen LogP contribution in [0.15, 0.2) is 59.2 Å². The van der Waals surface area contributed by atoms with Crippen molar-refractivity contribution in [3.05, 3.63) is 81.9 Å². The third-order valence-electron chi connectivity index (χ3n) is 4.50. The highest BCUT2D eigenvalue weighted by Crippen LogP contribution is 2.15. The monoisotopic (exact) mass is 393 g/mol. The number of carbonyl (C=O) groups excluding carboxylic acids is 1. The van der Waals surface area contributed by atoms with Crippen molar-refractivity contribution in [3.63, 3.8) is 0 Å². The highest BCUT2D eigenvalue weighted by Gasteiger charge is 2.17. The van der Waals surface area contributed by atoms with Gasteiger partial charge in [0.15, 0.2) is 12.0 Å². The average Bonchev–Trinajstić information content (AvgIpc) is 2.76. The van der Waals surface area contributed by atoms with Crippen molar-refractivity contribution in [2.75, 3.05) is 26.3 Å². The molecule has 1 aliphatic heterocycles. The van der Waals surface area contributed by atoms with Crippen LogP contribution in [-0.2, 0) is 11.3 Å². The van der Waals surface area contributed by atoms with Crippen molar-refractivity contribution in [1.82, 2.24) is 14.5 Å². The molecular formula is C22H23N3O4. The van der Waals surface area contributed by atoms with Crippen molar-refractivity contribution in [2.45, 2.75) is 13.5 Å². The smallest absolute Gasteiger partial charge is 0.300 e. The van der Waals surface area contributed by atoms with Gasteiger partial charge in [-0.05, 0) is 12.5 Å². The number of benzene rings is 1. The fraction of sp³-hybridized carbons (Fsp3) is 0.273. The molecule has 7 heteroatoms. The Morgan fingerprint density at radius 2 is 2.03 bits per heavy atom. The summed E-state index contributed by atoms with van der Waals surface area (Å²) in [5.41, 5.74) is 3.94. The van der Waals surface area contributed by atoms with Gasteiger partial charge in [-0.2, -0.15) is 0 Å². The molecule has 0 unspecified atom stereocenters. The largest absolute Gasteiger partial charge is 0.481 e. The zero-order valence-corrected chi connectivity index (χ0v) is 16.3. The van der Waals surface area contributed by atoms with Gasteiger partial charge in [0.05, 0.1) is 18.9 Å². The molecule has 0 spiro atoms. The minimum Gasteiger partial charge on any atom is -0.481 e. The quantitative estimate of drug-likeness (QED) is 0.409. The summed E-state index contributed by atoms with van der Waals surface area (Å²) in [4.78, 5) is 30.9. The second kappa shape index (κ2) is 9.68. The summed E-state index contributed by atoms with van der Waals surface area (Å²) in [6.45, 7) is 8.05. The maximum Gasteiger partial charge on any atom is 0.300 e. The van der Waals surface area contributed by atoms with Crippen LogP contribution < -0.4 is 10.3 Å². The van der Waals surface area contributed by atoms with Gasteiger partial charge in [-0.25, -0.2) is 4.98 Å². The first kappa shape index (κ1) is 20.3. The molecule has 3 rings (SSSR count). The van der Waals surface area contributed by atoms with Crippen LogP contribution in [0, 0.1) is 6.92 Å².